The number of quaternary nitrogens is 1. The van der Waals surface area contributed by atoms with Crippen LogP contribution < -0.4 is 0 Å². The third kappa shape index (κ3) is 4.14. The largest absolute Gasteiger partial charge is 0.520 e. The number of amides is 1. The van der Waals surface area contributed by atoms with Crippen LogP contribution in [-0.2, 0) is 6.54 Å². The average molecular weight is 317 g/mol. The van der Waals surface area contributed by atoms with Gasteiger partial charge in [0.1, 0.15) is 12.7 Å². The molecule has 0 aliphatic carbocycles. The fourth-order valence-electron chi connectivity index (χ4n) is 3.57. The third-order valence-electron chi connectivity index (χ3n) is 4.37. The van der Waals surface area contributed by atoms with Crippen LogP contribution >= 0.6 is 0 Å². The van der Waals surface area contributed by atoms with E-state index >= 15 is 0 Å². The van der Waals surface area contributed by atoms with Crippen LogP contribution in [0.3, 0.4) is 0 Å². The van der Waals surface area contributed by atoms with Gasteiger partial charge in [-0.25, -0.2) is 0 Å². The summed E-state index contributed by atoms with van der Waals surface area (Å²) in [6, 6.07) is 9.83. The highest BCUT2D eigenvalue weighted by Crippen LogP contribution is 2.35. The lowest BCUT2D eigenvalue weighted by atomic mass is 9.81. The predicted molar refractivity (Wildman–Crippen MR) is 92.4 cm³/mol. The molecule has 2 rings (SSSR count). The van der Waals surface area contributed by atoms with Crippen molar-refractivity contribution in [2.24, 2.45) is 5.41 Å². The molecule has 23 heavy (non-hydrogen) atoms. The van der Waals surface area contributed by atoms with Gasteiger partial charge in [-0.2, -0.15) is 9.28 Å². The Bertz CT molecular complexity index is 587. The first-order valence-corrected chi connectivity index (χ1v) is 8.14. The van der Waals surface area contributed by atoms with Gasteiger partial charge in [0.25, 0.3) is 0 Å². The Morgan fingerprint density at radius 3 is 2.30 bits per heavy atom. The van der Waals surface area contributed by atoms with Crippen molar-refractivity contribution in [1.82, 2.24) is 4.90 Å². The summed E-state index contributed by atoms with van der Waals surface area (Å²) >= 11 is 0. The second-order valence-electron chi connectivity index (χ2n) is 8.42. The van der Waals surface area contributed by atoms with E-state index in [-0.39, 0.29) is 15.4 Å². The van der Waals surface area contributed by atoms with Crippen LogP contribution in [0.25, 0.3) is 0 Å². The number of carboxylic acid groups (broad SMARTS) is 1. The summed E-state index contributed by atoms with van der Waals surface area (Å²) in [5.41, 5.74) is 1.15. The Balaban J connectivity index is 2.20. The number of hydrogen-bond donors (Lipinski definition) is 1. The summed E-state index contributed by atoms with van der Waals surface area (Å²) < 4.78 is -0.0718. The van der Waals surface area contributed by atoms with Gasteiger partial charge < -0.3 is 10.0 Å². The smallest absolute Gasteiger partial charge is 0.435 e. The molecule has 4 heteroatoms. The van der Waals surface area contributed by atoms with Crippen LogP contribution in [0, 0.1) is 5.41 Å². The molecule has 0 bridgehead atoms. The maximum absolute atomic E-state index is 12.0. The molecule has 0 saturated heterocycles. The van der Waals surface area contributed by atoms with E-state index in [1.165, 1.54) is 0 Å². The van der Waals surface area contributed by atoms with Gasteiger partial charge in [0, 0.05) is 11.1 Å². The van der Waals surface area contributed by atoms with Gasteiger partial charge in [-0.1, -0.05) is 51.1 Å². The lowest BCUT2D eigenvalue weighted by Gasteiger charge is -2.40. The summed E-state index contributed by atoms with van der Waals surface area (Å²) in [5, 5.41) is 9.84. The maximum atomic E-state index is 12.0. The number of nitrogens with zero attached hydrogens (tertiary/aromatic N) is 2. The fourth-order valence-corrected chi connectivity index (χ4v) is 3.57. The lowest BCUT2D eigenvalue weighted by Crippen LogP contribution is -2.52. The summed E-state index contributed by atoms with van der Waals surface area (Å²) in [5.74, 6) is 0. The zero-order valence-electron chi connectivity index (χ0n) is 14.9. The molecule has 1 N–H and O–H groups in total. The van der Waals surface area contributed by atoms with Crippen molar-refractivity contribution in [2.75, 3.05) is 6.67 Å². The summed E-state index contributed by atoms with van der Waals surface area (Å²) in [6.45, 7) is 12.0. The maximum Gasteiger partial charge on any atom is 0.520 e. The van der Waals surface area contributed by atoms with E-state index in [9.17, 15) is 9.90 Å². The van der Waals surface area contributed by atoms with Crippen molar-refractivity contribution < 1.29 is 14.4 Å². The van der Waals surface area contributed by atoms with Crippen LogP contribution in [0.15, 0.2) is 42.7 Å². The summed E-state index contributed by atoms with van der Waals surface area (Å²) in [6.07, 6.45) is 3.97. The molecule has 1 unspecified atom stereocenters. The molecule has 1 aromatic carbocycles. The Labute approximate surface area is 139 Å². The minimum Gasteiger partial charge on any atom is -0.435 e. The van der Waals surface area contributed by atoms with E-state index in [2.05, 4.69) is 39.5 Å². The summed E-state index contributed by atoms with van der Waals surface area (Å²) in [7, 11) is 0. The molecule has 1 aliphatic heterocycles. The van der Waals surface area contributed by atoms with E-state index in [0.717, 1.165) is 12.0 Å². The Hall–Kier alpha value is -1.81. The normalized spacial score (nSPS) is 21.7. The third-order valence-corrected chi connectivity index (χ3v) is 4.37. The molecule has 126 valence electrons. The molecule has 0 radical (unpaired) electrons. The quantitative estimate of drug-likeness (QED) is 0.822. The molecular weight excluding hydrogens is 288 g/mol. The zero-order valence-corrected chi connectivity index (χ0v) is 14.9. The average Bonchev–Trinajstić information content (AvgIpc) is 2.83. The van der Waals surface area contributed by atoms with Gasteiger partial charge in [0.2, 0.25) is 0 Å². The number of carbonyl (C=O) groups is 1. The van der Waals surface area contributed by atoms with Crippen molar-refractivity contribution in [3.63, 3.8) is 0 Å². The molecule has 0 aromatic heterocycles. The van der Waals surface area contributed by atoms with Crippen molar-refractivity contribution in [2.45, 2.75) is 53.1 Å². The van der Waals surface area contributed by atoms with Crippen LogP contribution in [0.2, 0.25) is 0 Å². The van der Waals surface area contributed by atoms with Gasteiger partial charge in [-0.05, 0) is 25.7 Å². The Kier molecular flexibility index (Phi) is 4.58. The Morgan fingerprint density at radius 1 is 1.17 bits per heavy atom. The zero-order chi connectivity index (χ0) is 17.3. The van der Waals surface area contributed by atoms with Crippen molar-refractivity contribution in [3.05, 3.63) is 48.3 Å². The molecule has 4 nitrogen and oxygen atoms in total. The second-order valence-corrected chi connectivity index (χ2v) is 8.42. The van der Waals surface area contributed by atoms with Crippen molar-refractivity contribution in [3.8, 4) is 0 Å². The minimum absolute atomic E-state index is 0.0718. The highest BCUT2D eigenvalue weighted by atomic mass is 16.4. The van der Waals surface area contributed by atoms with Gasteiger partial charge in [0.15, 0.2) is 6.67 Å². The predicted octanol–water partition coefficient (Wildman–Crippen LogP) is 4.64. The van der Waals surface area contributed by atoms with E-state index in [4.69, 9.17) is 0 Å². The van der Waals surface area contributed by atoms with Crippen LogP contribution in [0.1, 0.15) is 46.6 Å². The van der Waals surface area contributed by atoms with E-state index in [1.807, 2.05) is 42.7 Å². The first-order valence-electron chi connectivity index (χ1n) is 8.14. The summed E-state index contributed by atoms with van der Waals surface area (Å²) in [4.78, 5) is 14.2. The van der Waals surface area contributed by atoms with Crippen LogP contribution in [-0.4, -0.2) is 32.8 Å². The molecule has 0 spiro atoms. The highest BCUT2D eigenvalue weighted by molar-refractivity contribution is 5.58. The first kappa shape index (κ1) is 17.5. The molecule has 0 fully saturated rings. The Morgan fingerprint density at radius 2 is 1.78 bits per heavy atom. The van der Waals surface area contributed by atoms with E-state index in [1.54, 1.807) is 0 Å². The van der Waals surface area contributed by atoms with Crippen LogP contribution in [0.4, 0.5) is 4.79 Å². The molecule has 1 heterocycles. The first-order chi connectivity index (χ1) is 10.5. The molecule has 1 amide bonds. The van der Waals surface area contributed by atoms with Gasteiger partial charge in [-0.15, -0.1) is 0 Å². The van der Waals surface area contributed by atoms with E-state index < -0.39 is 6.09 Å². The molecule has 1 atom stereocenters. The van der Waals surface area contributed by atoms with Crippen molar-refractivity contribution >= 4 is 6.09 Å². The van der Waals surface area contributed by atoms with Gasteiger partial charge in [0.05, 0.1) is 6.20 Å². The van der Waals surface area contributed by atoms with Crippen molar-refractivity contribution in [1.29, 1.82) is 0 Å². The van der Waals surface area contributed by atoms with Gasteiger partial charge in [-0.3, -0.25) is 0 Å². The number of hydrogen-bond acceptors (Lipinski definition) is 2. The number of rotatable bonds is 4. The van der Waals surface area contributed by atoms with E-state index in [0.29, 0.717) is 13.2 Å². The standard InChI is InChI=1S/C19H28N2O2/c1-18(2,3)14-19(4,5)20-11-12-21(15-20,17(22)23)13-16-9-7-6-8-10-16/h6-12H,13-15H2,1-5H3/p+1. The molecule has 1 aromatic rings. The highest BCUT2D eigenvalue weighted by Gasteiger charge is 2.45. The van der Waals surface area contributed by atoms with Gasteiger partial charge >= 0.3 is 6.09 Å². The molecule has 0 saturated carbocycles. The molecule has 1 aliphatic rings. The monoisotopic (exact) mass is 317 g/mol. The topological polar surface area (TPSA) is 40.5 Å². The lowest BCUT2D eigenvalue weighted by molar-refractivity contribution is -0.823. The SMILES string of the molecule is CC(C)(C)CC(C)(C)N1C=C[N+](Cc2ccccc2)(C(=O)O)C1. The fraction of sp³-hybridized carbons (Fsp3) is 0.526. The minimum atomic E-state index is -0.806. The number of benzene rings is 1. The van der Waals surface area contributed by atoms with Crippen LogP contribution in [0.5, 0.6) is 0 Å². The molecular formula is C19H29N2O2+. The second kappa shape index (κ2) is 6.00.